The zero-order valence-electron chi connectivity index (χ0n) is 2.97. The second kappa shape index (κ2) is 2.26. The lowest BCUT2D eigenvalue weighted by molar-refractivity contribution is -0.125. The van der Waals surface area contributed by atoms with E-state index in [1.165, 1.54) is 0 Å². The van der Waals surface area contributed by atoms with Gasteiger partial charge in [-0.2, -0.15) is 0 Å². The van der Waals surface area contributed by atoms with Crippen LogP contribution in [0.25, 0.3) is 0 Å². The zero-order valence-corrected chi connectivity index (χ0v) is 2.97. The summed E-state index contributed by atoms with van der Waals surface area (Å²) in [6, 6.07) is 0. The van der Waals surface area contributed by atoms with Crippen LogP contribution >= 0.6 is 0 Å². The Morgan fingerprint density at radius 1 is 1.67 bits per heavy atom. The molecule has 0 rings (SSSR count). The monoisotopic (exact) mass is 85.0 g/mol. The molecule has 0 aromatic heterocycles. The maximum Gasteiger partial charge on any atom is 0.235 e. The standard InChI is InChI=1S/C3H3NO2/c4-1-3(6)2-5/h1-2,4H. The molecule has 0 heterocycles. The molecule has 0 spiro atoms. The van der Waals surface area contributed by atoms with E-state index in [0.29, 0.717) is 6.21 Å². The highest BCUT2D eigenvalue weighted by atomic mass is 16.2. The van der Waals surface area contributed by atoms with Gasteiger partial charge >= 0.3 is 0 Å². The maximum atomic E-state index is 9.57. The molecular formula is C3H3NO2. The van der Waals surface area contributed by atoms with Crippen LogP contribution in [0.3, 0.4) is 0 Å². The smallest absolute Gasteiger partial charge is 0.235 e. The summed E-state index contributed by atoms with van der Waals surface area (Å²) < 4.78 is 0. The van der Waals surface area contributed by atoms with E-state index in [1.54, 1.807) is 0 Å². The van der Waals surface area contributed by atoms with Crippen molar-refractivity contribution in [2.24, 2.45) is 0 Å². The molecule has 1 N–H and O–H groups in total. The van der Waals surface area contributed by atoms with E-state index >= 15 is 0 Å². The first kappa shape index (κ1) is 5.01. The number of carbonyl (C=O) groups is 2. The highest BCUT2D eigenvalue weighted by molar-refractivity contribution is 6.51. The van der Waals surface area contributed by atoms with Gasteiger partial charge in [-0.25, -0.2) is 0 Å². The minimum Gasteiger partial charge on any atom is -0.305 e. The van der Waals surface area contributed by atoms with Gasteiger partial charge in [0, 0.05) is 0 Å². The zero-order chi connectivity index (χ0) is 4.99. The number of Topliss-reactive ketones (excluding diaryl/α,β-unsaturated/α-hetero) is 1. The van der Waals surface area contributed by atoms with Crippen molar-refractivity contribution in [2.45, 2.75) is 0 Å². The van der Waals surface area contributed by atoms with Crippen LogP contribution in [-0.2, 0) is 9.59 Å². The number of carbonyl (C=O) groups excluding carboxylic acids is 2. The minimum atomic E-state index is -0.796. The fourth-order valence-electron chi connectivity index (χ4n) is 0.0340. The third kappa shape index (κ3) is 1.34. The van der Waals surface area contributed by atoms with Crippen LogP contribution in [0.15, 0.2) is 0 Å². The summed E-state index contributed by atoms with van der Waals surface area (Å²) in [5, 5.41) is 6.10. The van der Waals surface area contributed by atoms with Gasteiger partial charge in [-0.1, -0.05) is 0 Å². The molecule has 0 unspecified atom stereocenters. The van der Waals surface area contributed by atoms with Crippen molar-refractivity contribution in [3.63, 3.8) is 0 Å². The highest BCUT2D eigenvalue weighted by Gasteiger charge is 1.84. The van der Waals surface area contributed by atoms with Crippen molar-refractivity contribution >= 4 is 18.3 Å². The number of nitrogens with one attached hydrogen (secondary N) is 1. The minimum absolute atomic E-state index is 0.0903. The Bertz CT molecular complexity index is 76.8. The quantitative estimate of drug-likeness (QED) is 0.276. The van der Waals surface area contributed by atoms with Crippen LogP contribution in [0.2, 0.25) is 0 Å². The molecule has 0 aromatic carbocycles. The van der Waals surface area contributed by atoms with Crippen molar-refractivity contribution in [3.8, 4) is 0 Å². The third-order valence-corrected chi connectivity index (χ3v) is 0.258. The summed E-state index contributed by atoms with van der Waals surface area (Å²) in [5.41, 5.74) is 0. The molecule has 0 aliphatic heterocycles. The van der Waals surface area contributed by atoms with Crippen LogP contribution in [0, 0.1) is 5.41 Å². The van der Waals surface area contributed by atoms with Gasteiger partial charge in [-0.05, 0) is 0 Å². The topological polar surface area (TPSA) is 58.0 Å². The number of aldehydes is 1. The second-order valence-corrected chi connectivity index (χ2v) is 0.665. The summed E-state index contributed by atoms with van der Waals surface area (Å²) in [5.74, 6) is -0.796. The molecule has 32 valence electrons. The van der Waals surface area contributed by atoms with E-state index in [4.69, 9.17) is 5.41 Å². The van der Waals surface area contributed by atoms with Crippen LogP contribution in [-0.4, -0.2) is 18.3 Å². The molecule has 0 aliphatic carbocycles. The van der Waals surface area contributed by atoms with Crippen molar-refractivity contribution in [3.05, 3.63) is 0 Å². The van der Waals surface area contributed by atoms with Gasteiger partial charge < -0.3 is 5.41 Å². The van der Waals surface area contributed by atoms with E-state index in [9.17, 15) is 9.59 Å². The first-order chi connectivity index (χ1) is 2.81. The molecule has 0 aliphatic rings. The molecule has 6 heavy (non-hydrogen) atoms. The predicted octanol–water partition coefficient (Wildman–Crippen LogP) is -0.596. The van der Waals surface area contributed by atoms with Crippen LogP contribution in [0.4, 0.5) is 0 Å². The average Bonchev–Trinajstić information content (AvgIpc) is 1.65. The van der Waals surface area contributed by atoms with Crippen LogP contribution < -0.4 is 0 Å². The third-order valence-electron chi connectivity index (χ3n) is 0.258. The lowest BCUT2D eigenvalue weighted by Crippen LogP contribution is -1.96. The lowest BCUT2D eigenvalue weighted by Gasteiger charge is -1.61. The van der Waals surface area contributed by atoms with Gasteiger partial charge in [-0.15, -0.1) is 0 Å². The first-order valence-electron chi connectivity index (χ1n) is 1.31. The Labute approximate surface area is 34.5 Å². The summed E-state index contributed by atoms with van der Waals surface area (Å²) in [6.45, 7) is 0. The number of hydrogen-bond donors (Lipinski definition) is 1. The van der Waals surface area contributed by atoms with E-state index in [-0.39, 0.29) is 6.29 Å². The van der Waals surface area contributed by atoms with Gasteiger partial charge in [0.2, 0.25) is 5.78 Å². The maximum absolute atomic E-state index is 9.57. The van der Waals surface area contributed by atoms with E-state index in [0.717, 1.165) is 0 Å². The normalized spacial score (nSPS) is 6.67. The van der Waals surface area contributed by atoms with Crippen LogP contribution in [0.5, 0.6) is 0 Å². The molecule has 0 radical (unpaired) electrons. The highest BCUT2D eigenvalue weighted by Crippen LogP contribution is 1.46. The Balaban J connectivity index is 3.52. The average molecular weight is 85.1 g/mol. The SMILES string of the molecule is N=CC(=O)C=O. The van der Waals surface area contributed by atoms with Gasteiger partial charge in [0.25, 0.3) is 0 Å². The van der Waals surface area contributed by atoms with Gasteiger partial charge in [0.1, 0.15) is 0 Å². The van der Waals surface area contributed by atoms with E-state index in [1.807, 2.05) is 0 Å². The summed E-state index contributed by atoms with van der Waals surface area (Å²) in [7, 11) is 0. The summed E-state index contributed by atoms with van der Waals surface area (Å²) in [4.78, 5) is 18.8. The van der Waals surface area contributed by atoms with E-state index < -0.39 is 5.78 Å². The summed E-state index contributed by atoms with van der Waals surface area (Å²) >= 11 is 0. The molecular weight excluding hydrogens is 82.0 g/mol. The molecule has 0 amide bonds. The van der Waals surface area contributed by atoms with E-state index in [2.05, 4.69) is 0 Å². The van der Waals surface area contributed by atoms with Crippen molar-refractivity contribution in [1.82, 2.24) is 0 Å². The fraction of sp³-hybridized carbons (Fsp3) is 0. The van der Waals surface area contributed by atoms with Gasteiger partial charge in [0.15, 0.2) is 6.29 Å². The fourth-order valence-corrected chi connectivity index (χ4v) is 0.0340. The summed E-state index contributed by atoms with van der Waals surface area (Å²) in [6.07, 6.45) is 0.556. The second-order valence-electron chi connectivity index (χ2n) is 0.665. The molecule has 0 bridgehead atoms. The Morgan fingerprint density at radius 3 is 2.17 bits per heavy atom. The first-order valence-corrected chi connectivity index (χ1v) is 1.31. The van der Waals surface area contributed by atoms with Gasteiger partial charge in [0.05, 0.1) is 6.21 Å². The molecule has 0 saturated carbocycles. The van der Waals surface area contributed by atoms with Crippen LogP contribution in [0.1, 0.15) is 0 Å². The largest absolute Gasteiger partial charge is 0.305 e. The molecule has 0 aromatic rings. The van der Waals surface area contributed by atoms with Crippen molar-refractivity contribution in [1.29, 1.82) is 5.41 Å². The Morgan fingerprint density at radius 2 is 2.17 bits per heavy atom. The van der Waals surface area contributed by atoms with Crippen molar-refractivity contribution in [2.75, 3.05) is 0 Å². The molecule has 3 nitrogen and oxygen atoms in total. The number of ketones is 1. The number of rotatable bonds is 2. The molecule has 3 heteroatoms. The molecule has 0 atom stereocenters. The molecule has 0 fully saturated rings. The molecule has 0 saturated heterocycles. The predicted molar refractivity (Wildman–Crippen MR) is 19.9 cm³/mol. The van der Waals surface area contributed by atoms with Crippen molar-refractivity contribution < 1.29 is 9.59 Å². The number of hydrogen-bond acceptors (Lipinski definition) is 3. The lowest BCUT2D eigenvalue weighted by atomic mass is 10.5. The Kier molecular flexibility index (Phi) is 1.89. The van der Waals surface area contributed by atoms with Gasteiger partial charge in [-0.3, -0.25) is 9.59 Å². The Hall–Kier alpha value is -0.990.